The Bertz CT molecular complexity index is 534. The molecule has 0 fully saturated rings. The third-order valence-corrected chi connectivity index (χ3v) is 2.26. The molecule has 0 saturated heterocycles. The van der Waals surface area contributed by atoms with Gasteiger partial charge < -0.3 is 9.72 Å². The Morgan fingerprint density at radius 3 is 2.71 bits per heavy atom. The average molecular weight is 254 g/mol. The van der Waals surface area contributed by atoms with Gasteiger partial charge in [0, 0.05) is 29.5 Å². The number of halogens is 1. The molecule has 0 aliphatic carbocycles. The number of alkyl halides is 1. The molecular formula is C12H12ClNO3. The lowest BCUT2D eigenvalue weighted by molar-refractivity contribution is -0.104. The zero-order chi connectivity index (χ0) is 12.8. The zero-order valence-electron chi connectivity index (χ0n) is 9.49. The number of rotatable bonds is 3. The fraction of sp³-hybridized carbons (Fsp3) is 0.167. The van der Waals surface area contributed by atoms with Gasteiger partial charge in [-0.2, -0.15) is 0 Å². The SMILES string of the molecule is CCl.COc1ccc2c(C(=O)C=O)c[nH]c2c1. The number of nitrogens with one attached hydrogen (secondary N) is 1. The largest absolute Gasteiger partial charge is 0.497 e. The molecule has 1 aromatic heterocycles. The number of benzene rings is 1. The number of aromatic nitrogens is 1. The van der Waals surface area contributed by atoms with Gasteiger partial charge in [-0.15, -0.1) is 11.6 Å². The normalized spacial score (nSPS) is 9.35. The summed E-state index contributed by atoms with van der Waals surface area (Å²) in [7, 11) is 1.57. The van der Waals surface area contributed by atoms with Crippen molar-refractivity contribution in [3.8, 4) is 5.75 Å². The molecule has 2 rings (SSSR count). The van der Waals surface area contributed by atoms with Gasteiger partial charge in [0.25, 0.3) is 0 Å². The summed E-state index contributed by atoms with van der Waals surface area (Å²) < 4.78 is 5.04. The van der Waals surface area contributed by atoms with Gasteiger partial charge in [0.05, 0.1) is 12.7 Å². The van der Waals surface area contributed by atoms with Crippen LogP contribution in [0.25, 0.3) is 10.9 Å². The molecule has 0 atom stereocenters. The van der Waals surface area contributed by atoms with Gasteiger partial charge in [-0.05, 0) is 12.1 Å². The van der Waals surface area contributed by atoms with Gasteiger partial charge in [-0.25, -0.2) is 0 Å². The molecule has 5 heteroatoms. The molecule has 0 aliphatic heterocycles. The molecule has 0 radical (unpaired) electrons. The Morgan fingerprint density at radius 1 is 1.41 bits per heavy atom. The average Bonchev–Trinajstić information content (AvgIpc) is 2.82. The summed E-state index contributed by atoms with van der Waals surface area (Å²) in [4.78, 5) is 24.5. The van der Waals surface area contributed by atoms with E-state index in [0.717, 1.165) is 10.9 Å². The van der Waals surface area contributed by atoms with Gasteiger partial charge in [0.1, 0.15) is 5.75 Å². The number of fused-ring (bicyclic) bond motifs is 1. The van der Waals surface area contributed by atoms with E-state index in [1.54, 1.807) is 25.3 Å². The van der Waals surface area contributed by atoms with E-state index in [-0.39, 0.29) is 0 Å². The molecule has 1 N–H and O–H groups in total. The van der Waals surface area contributed by atoms with Gasteiger partial charge >= 0.3 is 0 Å². The van der Waals surface area contributed by atoms with Crippen molar-refractivity contribution in [2.45, 2.75) is 0 Å². The molecule has 0 bridgehead atoms. The summed E-state index contributed by atoms with van der Waals surface area (Å²) in [5, 5.41) is 0.730. The predicted octanol–water partition coefficient (Wildman–Crippen LogP) is 2.41. The molecule has 0 aliphatic rings. The zero-order valence-corrected chi connectivity index (χ0v) is 10.2. The Balaban J connectivity index is 0.000000686. The van der Waals surface area contributed by atoms with Crippen molar-refractivity contribution in [3.63, 3.8) is 0 Å². The lowest BCUT2D eigenvalue weighted by Crippen LogP contribution is -1.97. The number of aldehydes is 1. The fourth-order valence-corrected chi connectivity index (χ4v) is 1.50. The van der Waals surface area contributed by atoms with Crippen molar-refractivity contribution in [1.29, 1.82) is 0 Å². The minimum atomic E-state index is -0.522. The van der Waals surface area contributed by atoms with E-state index >= 15 is 0 Å². The number of methoxy groups -OCH3 is 1. The van der Waals surface area contributed by atoms with Crippen LogP contribution < -0.4 is 4.74 Å². The maximum absolute atomic E-state index is 11.2. The highest BCUT2D eigenvalue weighted by molar-refractivity contribution is 6.36. The first-order chi connectivity index (χ1) is 8.26. The van der Waals surface area contributed by atoms with Crippen LogP contribution >= 0.6 is 11.6 Å². The third-order valence-electron chi connectivity index (χ3n) is 2.26. The van der Waals surface area contributed by atoms with E-state index < -0.39 is 5.78 Å². The van der Waals surface area contributed by atoms with E-state index in [1.807, 2.05) is 0 Å². The Labute approximate surface area is 104 Å². The lowest BCUT2D eigenvalue weighted by atomic mass is 10.1. The summed E-state index contributed by atoms with van der Waals surface area (Å²) in [6.45, 7) is 0. The van der Waals surface area contributed by atoms with E-state index in [0.29, 0.717) is 17.6 Å². The molecule has 0 saturated carbocycles. The Morgan fingerprint density at radius 2 is 2.12 bits per heavy atom. The third kappa shape index (κ3) is 2.65. The summed E-state index contributed by atoms with van der Waals surface area (Å²) in [6.07, 6.45) is 3.31. The molecule has 2 aromatic rings. The number of ether oxygens (including phenoxy) is 1. The van der Waals surface area contributed by atoms with Crippen LogP contribution in [0.3, 0.4) is 0 Å². The van der Waals surface area contributed by atoms with Crippen molar-refractivity contribution in [3.05, 3.63) is 30.0 Å². The van der Waals surface area contributed by atoms with Crippen molar-refractivity contribution < 1.29 is 14.3 Å². The molecule has 1 heterocycles. The molecule has 4 nitrogen and oxygen atoms in total. The first-order valence-corrected chi connectivity index (χ1v) is 5.54. The lowest BCUT2D eigenvalue weighted by Gasteiger charge is -1.98. The van der Waals surface area contributed by atoms with Crippen LogP contribution in [0.2, 0.25) is 0 Å². The second-order valence-electron chi connectivity index (χ2n) is 3.10. The summed E-state index contributed by atoms with van der Waals surface area (Å²) in [5.74, 6) is 0.181. The van der Waals surface area contributed by atoms with Gasteiger partial charge in [-0.3, -0.25) is 9.59 Å². The smallest absolute Gasteiger partial charge is 0.227 e. The topological polar surface area (TPSA) is 59.2 Å². The first kappa shape index (κ1) is 13.3. The van der Waals surface area contributed by atoms with Crippen molar-refractivity contribution in [2.24, 2.45) is 0 Å². The Kier molecular flexibility index (Phi) is 4.72. The van der Waals surface area contributed by atoms with Crippen LogP contribution in [0.15, 0.2) is 24.4 Å². The fourth-order valence-electron chi connectivity index (χ4n) is 1.50. The van der Waals surface area contributed by atoms with Gasteiger partial charge in [0.15, 0.2) is 6.29 Å². The monoisotopic (exact) mass is 253 g/mol. The first-order valence-electron chi connectivity index (χ1n) is 4.78. The maximum atomic E-state index is 11.2. The summed E-state index contributed by atoms with van der Waals surface area (Å²) in [6, 6.07) is 5.27. The van der Waals surface area contributed by atoms with Crippen LogP contribution in [-0.2, 0) is 4.79 Å². The minimum Gasteiger partial charge on any atom is -0.497 e. The van der Waals surface area contributed by atoms with Crippen LogP contribution in [0, 0.1) is 0 Å². The van der Waals surface area contributed by atoms with Crippen molar-refractivity contribution in [2.75, 3.05) is 13.5 Å². The van der Waals surface area contributed by atoms with Crippen LogP contribution in [-0.4, -0.2) is 30.5 Å². The molecular weight excluding hydrogens is 242 g/mol. The number of carbonyl (C=O) groups excluding carboxylic acids is 2. The number of H-pyrrole nitrogens is 1. The summed E-state index contributed by atoms with van der Waals surface area (Å²) >= 11 is 4.64. The molecule has 90 valence electrons. The van der Waals surface area contributed by atoms with Crippen molar-refractivity contribution >= 4 is 34.6 Å². The maximum Gasteiger partial charge on any atom is 0.227 e. The number of Topliss-reactive ketones (excluding diaryl/α,β-unsaturated/α-hetero) is 1. The van der Waals surface area contributed by atoms with Crippen LogP contribution in [0.4, 0.5) is 0 Å². The number of aromatic amines is 1. The standard InChI is InChI=1S/C11H9NO3.CH3Cl/c1-15-7-2-3-8-9(11(14)6-13)5-12-10(8)4-7;1-2/h2-6,12H,1H3;1H3. The highest BCUT2D eigenvalue weighted by Crippen LogP contribution is 2.23. The molecule has 0 unspecified atom stereocenters. The van der Waals surface area contributed by atoms with Crippen molar-refractivity contribution in [1.82, 2.24) is 4.98 Å². The van der Waals surface area contributed by atoms with E-state index in [4.69, 9.17) is 4.74 Å². The van der Waals surface area contributed by atoms with E-state index in [2.05, 4.69) is 16.6 Å². The second kappa shape index (κ2) is 6.06. The highest BCUT2D eigenvalue weighted by Gasteiger charge is 2.10. The summed E-state index contributed by atoms with van der Waals surface area (Å²) in [5.41, 5.74) is 1.17. The molecule has 1 aromatic carbocycles. The molecule has 0 amide bonds. The van der Waals surface area contributed by atoms with Gasteiger partial charge in [-0.1, -0.05) is 0 Å². The second-order valence-corrected chi connectivity index (χ2v) is 3.10. The van der Waals surface area contributed by atoms with E-state index in [1.165, 1.54) is 12.6 Å². The Hall–Kier alpha value is -1.81. The number of hydrogen-bond donors (Lipinski definition) is 1. The van der Waals surface area contributed by atoms with Crippen LogP contribution in [0.1, 0.15) is 10.4 Å². The predicted molar refractivity (Wildman–Crippen MR) is 67.0 cm³/mol. The highest BCUT2D eigenvalue weighted by atomic mass is 35.5. The van der Waals surface area contributed by atoms with Crippen LogP contribution in [0.5, 0.6) is 5.75 Å². The minimum absolute atomic E-state index is 0.312. The van der Waals surface area contributed by atoms with E-state index in [9.17, 15) is 9.59 Å². The quantitative estimate of drug-likeness (QED) is 0.396. The van der Waals surface area contributed by atoms with Gasteiger partial charge in [0.2, 0.25) is 5.78 Å². The molecule has 17 heavy (non-hydrogen) atoms. The number of hydrogen-bond acceptors (Lipinski definition) is 3. The number of ketones is 1. The molecule has 0 spiro atoms. The number of carbonyl (C=O) groups is 2.